The first kappa shape index (κ1) is 21.2. The number of carbonyl (C=O) groups is 1. The lowest BCUT2D eigenvalue weighted by atomic mass is 9.82. The average molecular weight is 448 g/mol. The molecule has 2 aliphatic rings. The fraction of sp³-hybridized carbons (Fsp3) is 0.346. The highest BCUT2D eigenvalue weighted by molar-refractivity contribution is 5.97. The second kappa shape index (κ2) is 8.39. The Labute approximate surface area is 193 Å². The van der Waals surface area contributed by atoms with Gasteiger partial charge in [0, 0.05) is 37.1 Å². The van der Waals surface area contributed by atoms with Gasteiger partial charge in [-0.05, 0) is 56.2 Å². The molecule has 5 rings (SSSR count). The Bertz CT molecular complexity index is 1180. The van der Waals surface area contributed by atoms with E-state index < -0.39 is 0 Å². The number of methoxy groups -OCH3 is 2. The minimum Gasteiger partial charge on any atom is -0.497 e. The summed E-state index contributed by atoms with van der Waals surface area (Å²) in [5, 5.41) is 3.81. The Morgan fingerprint density at radius 2 is 1.82 bits per heavy atom. The van der Waals surface area contributed by atoms with Gasteiger partial charge < -0.3 is 29.0 Å². The molecule has 1 amide bonds. The van der Waals surface area contributed by atoms with Crippen LogP contribution in [-0.4, -0.2) is 49.3 Å². The number of nitrogens with one attached hydrogen (secondary N) is 1. The highest BCUT2D eigenvalue weighted by atomic mass is 16.5. The molecule has 0 radical (unpaired) electrons. The zero-order valence-corrected chi connectivity index (χ0v) is 19.3. The zero-order chi connectivity index (χ0) is 23.0. The number of amides is 1. The highest BCUT2D eigenvalue weighted by Gasteiger charge is 2.42. The van der Waals surface area contributed by atoms with Gasteiger partial charge in [-0.3, -0.25) is 4.79 Å². The first-order valence-corrected chi connectivity index (χ1v) is 11.3. The van der Waals surface area contributed by atoms with Gasteiger partial charge >= 0.3 is 0 Å². The van der Waals surface area contributed by atoms with E-state index in [2.05, 4.69) is 40.3 Å². The number of hydrogen-bond acceptors (Lipinski definition) is 5. The molecule has 2 aliphatic heterocycles. The van der Waals surface area contributed by atoms with Gasteiger partial charge in [-0.25, -0.2) is 0 Å². The van der Waals surface area contributed by atoms with E-state index >= 15 is 0 Å². The minimum atomic E-state index is -0.234. The van der Waals surface area contributed by atoms with Crippen molar-refractivity contribution in [3.63, 3.8) is 0 Å². The number of carbonyl (C=O) groups excluding carboxylic acids is 1. The number of rotatable bonds is 5. The molecule has 1 spiro atoms. The number of fused-ring (bicyclic) bond motifs is 4. The number of nitrogens with zero attached hydrogens (tertiary/aromatic N) is 2. The third-order valence-corrected chi connectivity index (χ3v) is 6.69. The van der Waals surface area contributed by atoms with Crippen molar-refractivity contribution in [2.75, 3.05) is 39.2 Å². The van der Waals surface area contributed by atoms with E-state index in [0.717, 1.165) is 30.0 Å². The third-order valence-electron chi connectivity index (χ3n) is 6.69. The van der Waals surface area contributed by atoms with Crippen LogP contribution in [0, 0.1) is 0 Å². The van der Waals surface area contributed by atoms with Crippen molar-refractivity contribution in [1.29, 1.82) is 0 Å². The summed E-state index contributed by atoms with van der Waals surface area (Å²) >= 11 is 0. The summed E-state index contributed by atoms with van der Waals surface area (Å²) in [5.41, 5.74) is 3.73. The van der Waals surface area contributed by atoms with Gasteiger partial charge in [0.2, 0.25) is 0 Å². The van der Waals surface area contributed by atoms with Gasteiger partial charge in [-0.15, -0.1) is 0 Å². The van der Waals surface area contributed by atoms with Crippen LogP contribution in [0.1, 0.15) is 35.8 Å². The smallest absolute Gasteiger partial charge is 0.257 e. The molecule has 7 heteroatoms. The Hall–Kier alpha value is -3.61. The van der Waals surface area contributed by atoms with Crippen LogP contribution in [0.25, 0.3) is 5.69 Å². The van der Waals surface area contributed by atoms with Crippen LogP contribution in [0.5, 0.6) is 17.2 Å². The minimum absolute atomic E-state index is 0.0189. The summed E-state index contributed by atoms with van der Waals surface area (Å²) in [4.78, 5) is 15.2. The molecule has 0 aliphatic carbocycles. The predicted octanol–water partition coefficient (Wildman–Crippen LogP) is 4.45. The number of likely N-dealkylation sites (tertiary alicyclic amines) is 1. The van der Waals surface area contributed by atoms with Crippen molar-refractivity contribution in [3.8, 4) is 22.9 Å². The van der Waals surface area contributed by atoms with Crippen molar-refractivity contribution >= 4 is 11.6 Å². The standard InChI is InChI=1S/C26H29N3O4/c1-4-33-19-8-10-22-21(16-19)27-26(24-6-5-13-29(22)24)11-14-28(15-12-26)25(30)20-9-7-18(31-2)17-23(20)32-3/h5-10,13,16-17,27H,4,11-12,14-15H2,1-3H3. The van der Waals surface area contributed by atoms with Crippen molar-refractivity contribution in [2.45, 2.75) is 25.3 Å². The topological polar surface area (TPSA) is 65.0 Å². The monoisotopic (exact) mass is 447 g/mol. The quantitative estimate of drug-likeness (QED) is 0.626. The molecule has 3 aromatic rings. The van der Waals surface area contributed by atoms with Crippen LogP contribution >= 0.6 is 0 Å². The molecule has 0 atom stereocenters. The summed E-state index contributed by atoms with van der Waals surface area (Å²) in [6, 6.07) is 15.8. The van der Waals surface area contributed by atoms with Crippen molar-refractivity contribution in [3.05, 3.63) is 66.0 Å². The van der Waals surface area contributed by atoms with E-state index in [-0.39, 0.29) is 11.4 Å². The maximum Gasteiger partial charge on any atom is 0.257 e. The molecule has 33 heavy (non-hydrogen) atoms. The molecule has 1 N–H and O–H groups in total. The summed E-state index contributed by atoms with van der Waals surface area (Å²) < 4.78 is 18.7. The number of ether oxygens (including phenoxy) is 3. The molecular formula is C26H29N3O4. The van der Waals surface area contributed by atoms with Crippen LogP contribution in [0.4, 0.5) is 5.69 Å². The lowest BCUT2D eigenvalue weighted by molar-refractivity contribution is 0.0673. The molecule has 0 saturated carbocycles. The molecule has 0 unspecified atom stereocenters. The van der Waals surface area contributed by atoms with Crippen LogP contribution in [-0.2, 0) is 5.54 Å². The maximum absolute atomic E-state index is 13.3. The van der Waals surface area contributed by atoms with Crippen molar-refractivity contribution in [2.24, 2.45) is 0 Å². The molecule has 7 nitrogen and oxygen atoms in total. The number of hydrogen-bond donors (Lipinski definition) is 1. The average Bonchev–Trinajstić information content (AvgIpc) is 3.35. The number of piperidine rings is 1. The maximum atomic E-state index is 13.3. The summed E-state index contributed by atoms with van der Waals surface area (Å²) in [5.74, 6) is 2.03. The fourth-order valence-corrected chi connectivity index (χ4v) is 5.00. The zero-order valence-electron chi connectivity index (χ0n) is 19.3. The first-order chi connectivity index (χ1) is 16.1. The lowest BCUT2D eigenvalue weighted by Crippen LogP contribution is -2.51. The SMILES string of the molecule is CCOc1ccc2c(c1)NC1(CCN(C(=O)c3ccc(OC)cc3OC)CC1)c1cccn1-2. The van der Waals surface area contributed by atoms with E-state index in [1.54, 1.807) is 32.4 Å². The number of benzene rings is 2. The van der Waals surface area contributed by atoms with Gasteiger partial charge in [0.1, 0.15) is 17.2 Å². The largest absolute Gasteiger partial charge is 0.497 e. The van der Waals surface area contributed by atoms with Gasteiger partial charge in [-0.1, -0.05) is 0 Å². The molecule has 3 heterocycles. The van der Waals surface area contributed by atoms with Gasteiger partial charge in [0.15, 0.2) is 0 Å². The first-order valence-electron chi connectivity index (χ1n) is 11.3. The molecule has 1 saturated heterocycles. The van der Waals surface area contributed by atoms with Gasteiger partial charge in [-0.2, -0.15) is 0 Å². The van der Waals surface area contributed by atoms with E-state index in [1.165, 1.54) is 5.69 Å². The Balaban J connectivity index is 1.39. The summed E-state index contributed by atoms with van der Waals surface area (Å²) in [6.07, 6.45) is 3.72. The number of aromatic nitrogens is 1. The lowest BCUT2D eigenvalue weighted by Gasteiger charge is -2.46. The normalized spacial score (nSPS) is 15.9. The second-order valence-corrected chi connectivity index (χ2v) is 8.44. The second-order valence-electron chi connectivity index (χ2n) is 8.44. The Morgan fingerprint density at radius 1 is 1.03 bits per heavy atom. The van der Waals surface area contributed by atoms with Crippen molar-refractivity contribution < 1.29 is 19.0 Å². The molecule has 0 bridgehead atoms. The van der Waals surface area contributed by atoms with E-state index in [1.807, 2.05) is 17.9 Å². The molecule has 1 aromatic heterocycles. The predicted molar refractivity (Wildman–Crippen MR) is 127 cm³/mol. The molecular weight excluding hydrogens is 418 g/mol. The van der Waals surface area contributed by atoms with E-state index in [9.17, 15) is 4.79 Å². The van der Waals surface area contributed by atoms with Crippen molar-refractivity contribution in [1.82, 2.24) is 9.47 Å². The van der Waals surface area contributed by atoms with Crippen LogP contribution in [0.3, 0.4) is 0 Å². The Kier molecular flexibility index (Phi) is 5.40. The van der Waals surface area contributed by atoms with Crippen LogP contribution < -0.4 is 19.5 Å². The van der Waals surface area contributed by atoms with Crippen LogP contribution in [0.2, 0.25) is 0 Å². The van der Waals surface area contributed by atoms with Gasteiger partial charge in [0.05, 0.1) is 43.3 Å². The van der Waals surface area contributed by atoms with E-state index in [4.69, 9.17) is 14.2 Å². The Morgan fingerprint density at radius 3 is 2.55 bits per heavy atom. The third kappa shape index (κ3) is 3.57. The number of anilines is 1. The summed E-state index contributed by atoms with van der Waals surface area (Å²) in [7, 11) is 3.17. The fourth-order valence-electron chi connectivity index (χ4n) is 5.00. The molecule has 1 fully saturated rings. The van der Waals surface area contributed by atoms with Gasteiger partial charge in [0.25, 0.3) is 5.91 Å². The highest BCUT2D eigenvalue weighted by Crippen LogP contribution is 2.44. The van der Waals surface area contributed by atoms with Crippen LogP contribution in [0.15, 0.2) is 54.7 Å². The molecule has 172 valence electrons. The molecule has 2 aromatic carbocycles. The summed E-state index contributed by atoms with van der Waals surface area (Å²) in [6.45, 7) is 3.91. The van der Waals surface area contributed by atoms with E-state index in [0.29, 0.717) is 36.8 Å².